The lowest BCUT2D eigenvalue weighted by Gasteiger charge is -2.29. The SMILES string of the molecule is CCn1ncc(/C=N/NC(=O)C2CCCN(S(C)(=O)=O)C2)c1F. The Morgan fingerprint density at radius 3 is 2.96 bits per heavy atom. The molecule has 1 fully saturated rings. The average Bonchev–Trinajstić information content (AvgIpc) is 2.87. The fourth-order valence-corrected chi connectivity index (χ4v) is 3.32. The van der Waals surface area contributed by atoms with Crippen molar-refractivity contribution in [3.63, 3.8) is 0 Å². The Bertz CT molecular complexity index is 700. The number of carbonyl (C=O) groups is 1. The Balaban J connectivity index is 1.94. The second-order valence-corrected chi connectivity index (χ2v) is 7.38. The molecule has 1 atom stereocenters. The first-order valence-electron chi connectivity index (χ1n) is 7.32. The second-order valence-electron chi connectivity index (χ2n) is 5.40. The van der Waals surface area contributed by atoms with Crippen LogP contribution in [0, 0.1) is 11.9 Å². The highest BCUT2D eigenvalue weighted by Crippen LogP contribution is 2.18. The zero-order chi connectivity index (χ0) is 17.0. The predicted molar refractivity (Wildman–Crippen MR) is 82.7 cm³/mol. The molecule has 1 aliphatic heterocycles. The van der Waals surface area contributed by atoms with Gasteiger partial charge in [-0.25, -0.2) is 22.8 Å². The van der Waals surface area contributed by atoms with E-state index < -0.39 is 21.9 Å². The first-order valence-corrected chi connectivity index (χ1v) is 9.17. The summed E-state index contributed by atoms with van der Waals surface area (Å²) in [4.78, 5) is 12.0. The molecule has 8 nitrogen and oxygen atoms in total. The molecule has 0 radical (unpaired) electrons. The molecule has 1 aromatic rings. The fourth-order valence-electron chi connectivity index (χ4n) is 2.41. The van der Waals surface area contributed by atoms with Crippen molar-refractivity contribution in [2.45, 2.75) is 26.3 Å². The van der Waals surface area contributed by atoms with Gasteiger partial charge in [0.05, 0.1) is 30.1 Å². The number of aromatic nitrogens is 2. The summed E-state index contributed by atoms with van der Waals surface area (Å²) >= 11 is 0. The standard InChI is InChI=1S/C13H20FN5O3S/c1-3-19-12(14)11(8-16-19)7-15-17-13(20)10-5-4-6-18(9-10)23(2,21)22/h7-8,10H,3-6,9H2,1-2H3,(H,17,20)/b15-7+. The summed E-state index contributed by atoms with van der Waals surface area (Å²) in [6.07, 6.45) is 4.84. The van der Waals surface area contributed by atoms with E-state index in [0.29, 0.717) is 25.9 Å². The summed E-state index contributed by atoms with van der Waals surface area (Å²) in [7, 11) is -3.31. The van der Waals surface area contributed by atoms with E-state index in [0.717, 1.165) is 6.26 Å². The third kappa shape index (κ3) is 4.35. The Morgan fingerprint density at radius 2 is 2.35 bits per heavy atom. The van der Waals surface area contributed by atoms with Crippen molar-refractivity contribution in [2.75, 3.05) is 19.3 Å². The van der Waals surface area contributed by atoms with Crippen molar-refractivity contribution < 1.29 is 17.6 Å². The Morgan fingerprint density at radius 1 is 1.61 bits per heavy atom. The molecule has 0 bridgehead atoms. The zero-order valence-corrected chi connectivity index (χ0v) is 13.9. The van der Waals surface area contributed by atoms with E-state index >= 15 is 0 Å². The van der Waals surface area contributed by atoms with Crippen LogP contribution in [0.1, 0.15) is 25.3 Å². The van der Waals surface area contributed by atoms with E-state index in [9.17, 15) is 17.6 Å². The highest BCUT2D eigenvalue weighted by Gasteiger charge is 2.30. The number of hydrogen-bond donors (Lipinski definition) is 1. The summed E-state index contributed by atoms with van der Waals surface area (Å²) in [6.45, 7) is 2.72. The Labute approximate surface area is 134 Å². The molecule has 1 amide bonds. The monoisotopic (exact) mass is 345 g/mol. The molecule has 1 aliphatic rings. The molecule has 2 heterocycles. The van der Waals surface area contributed by atoms with Crippen LogP contribution in [0.15, 0.2) is 11.3 Å². The summed E-state index contributed by atoms with van der Waals surface area (Å²) in [5, 5.41) is 7.55. The first-order chi connectivity index (χ1) is 10.8. The normalized spacial score (nSPS) is 20.0. The number of nitrogens with one attached hydrogen (secondary N) is 1. The van der Waals surface area contributed by atoms with E-state index in [-0.39, 0.29) is 18.0 Å². The first kappa shape index (κ1) is 17.5. The lowest BCUT2D eigenvalue weighted by Crippen LogP contribution is -2.44. The quantitative estimate of drug-likeness (QED) is 0.607. The number of carbonyl (C=O) groups excluding carboxylic acids is 1. The molecule has 1 aromatic heterocycles. The van der Waals surface area contributed by atoms with Crippen LogP contribution < -0.4 is 5.43 Å². The van der Waals surface area contributed by atoms with E-state index in [1.165, 1.54) is 21.4 Å². The molecule has 128 valence electrons. The third-order valence-corrected chi connectivity index (χ3v) is 4.97. The van der Waals surface area contributed by atoms with Crippen LogP contribution in [0.25, 0.3) is 0 Å². The van der Waals surface area contributed by atoms with Crippen molar-refractivity contribution in [3.8, 4) is 0 Å². The summed E-state index contributed by atoms with van der Waals surface area (Å²) in [5.74, 6) is -1.36. The summed E-state index contributed by atoms with van der Waals surface area (Å²) in [5.41, 5.74) is 2.51. The van der Waals surface area contributed by atoms with Gasteiger partial charge in [0.15, 0.2) is 0 Å². The van der Waals surface area contributed by atoms with E-state index in [4.69, 9.17) is 0 Å². The van der Waals surface area contributed by atoms with E-state index in [1.54, 1.807) is 6.92 Å². The molecule has 10 heteroatoms. The maximum absolute atomic E-state index is 13.7. The lowest BCUT2D eigenvalue weighted by molar-refractivity contribution is -0.126. The molecule has 1 unspecified atom stereocenters. The van der Waals surface area contributed by atoms with E-state index in [2.05, 4.69) is 15.6 Å². The van der Waals surface area contributed by atoms with Gasteiger partial charge < -0.3 is 0 Å². The number of aryl methyl sites for hydroxylation is 1. The van der Waals surface area contributed by atoms with Crippen LogP contribution in [-0.4, -0.2) is 54.0 Å². The number of amides is 1. The molecule has 0 aliphatic carbocycles. The van der Waals surface area contributed by atoms with Crippen LogP contribution >= 0.6 is 0 Å². The minimum absolute atomic E-state index is 0.141. The minimum atomic E-state index is -3.31. The maximum atomic E-state index is 13.7. The third-order valence-electron chi connectivity index (χ3n) is 3.70. The van der Waals surface area contributed by atoms with Crippen LogP contribution in [0.5, 0.6) is 0 Å². The van der Waals surface area contributed by atoms with Crippen LogP contribution in [-0.2, 0) is 21.4 Å². The second kappa shape index (κ2) is 7.18. The van der Waals surface area contributed by atoms with Crippen LogP contribution in [0.3, 0.4) is 0 Å². The van der Waals surface area contributed by atoms with Gasteiger partial charge in [-0.2, -0.15) is 14.6 Å². The number of hydrazone groups is 1. The van der Waals surface area contributed by atoms with Crippen molar-refractivity contribution >= 4 is 22.1 Å². The molecule has 1 N–H and O–H groups in total. The van der Waals surface area contributed by atoms with Crippen LogP contribution in [0.2, 0.25) is 0 Å². The van der Waals surface area contributed by atoms with Gasteiger partial charge in [0.25, 0.3) is 0 Å². The molecule has 0 saturated carbocycles. The van der Waals surface area contributed by atoms with Crippen molar-refractivity contribution in [1.82, 2.24) is 19.5 Å². The Kier molecular flexibility index (Phi) is 5.47. The van der Waals surface area contributed by atoms with Gasteiger partial charge in [0.1, 0.15) is 0 Å². The van der Waals surface area contributed by atoms with Gasteiger partial charge in [-0.3, -0.25) is 4.79 Å². The lowest BCUT2D eigenvalue weighted by atomic mass is 9.99. The zero-order valence-electron chi connectivity index (χ0n) is 13.1. The van der Waals surface area contributed by atoms with Gasteiger partial charge in [-0.15, -0.1) is 0 Å². The molecule has 0 aromatic carbocycles. The van der Waals surface area contributed by atoms with Gasteiger partial charge in [-0.1, -0.05) is 0 Å². The smallest absolute Gasteiger partial charge is 0.244 e. The molecule has 0 spiro atoms. The maximum Gasteiger partial charge on any atom is 0.244 e. The Hall–Kier alpha value is -1.81. The van der Waals surface area contributed by atoms with Crippen molar-refractivity contribution in [3.05, 3.63) is 17.7 Å². The fraction of sp³-hybridized carbons (Fsp3) is 0.615. The minimum Gasteiger partial charge on any atom is -0.273 e. The van der Waals surface area contributed by atoms with E-state index in [1.807, 2.05) is 0 Å². The summed E-state index contributed by atoms with van der Waals surface area (Å²) < 4.78 is 39.3. The highest BCUT2D eigenvalue weighted by atomic mass is 32.2. The number of halogens is 1. The molecule has 2 rings (SSSR count). The largest absolute Gasteiger partial charge is 0.273 e. The molecule has 1 saturated heterocycles. The van der Waals surface area contributed by atoms with Crippen molar-refractivity contribution in [2.24, 2.45) is 11.0 Å². The molecular formula is C13H20FN5O3S. The molecule has 23 heavy (non-hydrogen) atoms. The number of hydrogen-bond acceptors (Lipinski definition) is 5. The van der Waals surface area contributed by atoms with Gasteiger partial charge in [-0.05, 0) is 19.8 Å². The molecular weight excluding hydrogens is 325 g/mol. The number of sulfonamides is 1. The average molecular weight is 345 g/mol. The van der Waals surface area contributed by atoms with Gasteiger partial charge in [0, 0.05) is 19.6 Å². The van der Waals surface area contributed by atoms with Gasteiger partial charge >= 0.3 is 0 Å². The number of nitrogens with zero attached hydrogens (tertiary/aromatic N) is 4. The van der Waals surface area contributed by atoms with Crippen molar-refractivity contribution in [1.29, 1.82) is 0 Å². The van der Waals surface area contributed by atoms with Crippen LogP contribution in [0.4, 0.5) is 4.39 Å². The topological polar surface area (TPSA) is 96.7 Å². The number of rotatable bonds is 5. The van der Waals surface area contributed by atoms with Gasteiger partial charge in [0.2, 0.25) is 21.9 Å². The number of piperidine rings is 1. The highest BCUT2D eigenvalue weighted by molar-refractivity contribution is 7.88. The predicted octanol–water partition coefficient (Wildman–Crippen LogP) is 0.164. The summed E-state index contributed by atoms with van der Waals surface area (Å²) in [6, 6.07) is 0.